The van der Waals surface area contributed by atoms with E-state index in [2.05, 4.69) is 45.7 Å². The fourth-order valence-corrected chi connectivity index (χ4v) is 2.26. The van der Waals surface area contributed by atoms with Crippen LogP contribution in [0.15, 0.2) is 18.2 Å². The first kappa shape index (κ1) is 15.3. The maximum atomic E-state index is 6.28. The van der Waals surface area contributed by atoms with Gasteiger partial charge in [0.05, 0.1) is 0 Å². The predicted molar refractivity (Wildman–Crippen MR) is 81.4 cm³/mol. The number of hydrogen-bond donors (Lipinski definition) is 1. The molecule has 0 spiro atoms. The van der Waals surface area contributed by atoms with Crippen LogP contribution >= 0.6 is 11.6 Å². The van der Waals surface area contributed by atoms with E-state index in [1.165, 1.54) is 0 Å². The molecular weight excluding hydrogens is 244 g/mol. The van der Waals surface area contributed by atoms with Crippen LogP contribution in [0.1, 0.15) is 46.2 Å². The van der Waals surface area contributed by atoms with E-state index in [1.807, 2.05) is 19.1 Å². The van der Waals surface area contributed by atoms with Crippen molar-refractivity contribution in [2.24, 2.45) is 11.1 Å². The summed E-state index contributed by atoms with van der Waals surface area (Å²) < 4.78 is 0. The lowest BCUT2D eigenvalue weighted by molar-refractivity contribution is 0.330. The number of anilines is 1. The third-order valence-corrected chi connectivity index (χ3v) is 4.04. The van der Waals surface area contributed by atoms with Crippen LogP contribution in [0, 0.1) is 5.41 Å². The summed E-state index contributed by atoms with van der Waals surface area (Å²) in [7, 11) is 2.10. The van der Waals surface area contributed by atoms with Crippen LogP contribution in [0.2, 0.25) is 5.02 Å². The zero-order valence-corrected chi connectivity index (χ0v) is 13.0. The second kappa shape index (κ2) is 5.50. The minimum Gasteiger partial charge on any atom is -0.371 e. The summed E-state index contributed by atoms with van der Waals surface area (Å²) in [4.78, 5) is 2.26. The van der Waals surface area contributed by atoms with Crippen LogP contribution in [0.3, 0.4) is 0 Å². The molecule has 2 unspecified atom stereocenters. The molecular formula is C15H25ClN2. The fourth-order valence-electron chi connectivity index (χ4n) is 1.91. The minimum atomic E-state index is -0.0307. The van der Waals surface area contributed by atoms with Crippen molar-refractivity contribution in [3.63, 3.8) is 0 Å². The minimum absolute atomic E-state index is 0.0307. The van der Waals surface area contributed by atoms with Gasteiger partial charge < -0.3 is 10.6 Å². The van der Waals surface area contributed by atoms with Crippen molar-refractivity contribution in [3.05, 3.63) is 28.8 Å². The number of nitrogens with zero attached hydrogens (tertiary/aromatic N) is 1. The Balaban J connectivity index is 3.02. The van der Waals surface area contributed by atoms with E-state index >= 15 is 0 Å². The van der Waals surface area contributed by atoms with Crippen LogP contribution in [-0.2, 0) is 0 Å². The molecule has 0 aromatic heterocycles. The van der Waals surface area contributed by atoms with Gasteiger partial charge in [-0.3, -0.25) is 0 Å². The summed E-state index contributed by atoms with van der Waals surface area (Å²) in [5, 5.41) is 0.746. The Bertz CT molecular complexity index is 407. The molecule has 2 nitrogen and oxygen atoms in total. The van der Waals surface area contributed by atoms with Gasteiger partial charge in [-0.1, -0.05) is 38.4 Å². The van der Waals surface area contributed by atoms with Gasteiger partial charge in [-0.2, -0.15) is 0 Å². The number of hydrogen-bond acceptors (Lipinski definition) is 2. The van der Waals surface area contributed by atoms with Gasteiger partial charge in [0.15, 0.2) is 0 Å². The lowest BCUT2D eigenvalue weighted by atomic mass is 9.87. The average molecular weight is 269 g/mol. The topological polar surface area (TPSA) is 29.3 Å². The average Bonchev–Trinajstić information content (AvgIpc) is 2.25. The summed E-state index contributed by atoms with van der Waals surface area (Å²) in [5.41, 5.74) is 8.22. The Morgan fingerprint density at radius 1 is 1.22 bits per heavy atom. The molecule has 0 heterocycles. The number of nitrogens with two attached hydrogens (primary N) is 1. The van der Waals surface area contributed by atoms with E-state index in [1.54, 1.807) is 0 Å². The highest BCUT2D eigenvalue weighted by Crippen LogP contribution is 2.31. The molecule has 0 aliphatic heterocycles. The van der Waals surface area contributed by atoms with Crippen LogP contribution in [0.4, 0.5) is 5.69 Å². The van der Waals surface area contributed by atoms with Crippen molar-refractivity contribution < 1.29 is 0 Å². The molecule has 0 aliphatic rings. The highest BCUT2D eigenvalue weighted by atomic mass is 35.5. The largest absolute Gasteiger partial charge is 0.371 e. The Hall–Kier alpha value is -0.730. The summed E-state index contributed by atoms with van der Waals surface area (Å²) >= 11 is 6.28. The fraction of sp³-hybridized carbons (Fsp3) is 0.600. The normalized spacial score (nSPS) is 15.3. The van der Waals surface area contributed by atoms with Crippen molar-refractivity contribution in [1.82, 2.24) is 0 Å². The van der Waals surface area contributed by atoms with Gasteiger partial charge in [0.1, 0.15) is 0 Å². The molecule has 0 amide bonds. The molecule has 102 valence electrons. The van der Waals surface area contributed by atoms with Crippen molar-refractivity contribution >= 4 is 17.3 Å². The van der Waals surface area contributed by atoms with Gasteiger partial charge in [-0.15, -0.1) is 0 Å². The summed E-state index contributed by atoms with van der Waals surface area (Å²) in [5.74, 6) is 0. The van der Waals surface area contributed by atoms with E-state index < -0.39 is 0 Å². The molecule has 0 radical (unpaired) electrons. The lowest BCUT2D eigenvalue weighted by Crippen LogP contribution is -2.39. The SMILES string of the molecule is CC(N)c1ccc(N(C)C(C)C(C)(C)C)cc1Cl. The lowest BCUT2D eigenvalue weighted by Gasteiger charge is -2.37. The molecule has 18 heavy (non-hydrogen) atoms. The first-order chi connectivity index (χ1) is 8.14. The molecule has 1 rings (SSSR count). The molecule has 2 atom stereocenters. The molecule has 3 heteroatoms. The van der Waals surface area contributed by atoms with Gasteiger partial charge in [0.2, 0.25) is 0 Å². The molecule has 0 saturated carbocycles. The Morgan fingerprint density at radius 3 is 2.17 bits per heavy atom. The summed E-state index contributed by atoms with van der Waals surface area (Å²) in [6, 6.07) is 6.51. The Kier molecular flexibility index (Phi) is 4.68. The van der Waals surface area contributed by atoms with E-state index in [-0.39, 0.29) is 11.5 Å². The maximum absolute atomic E-state index is 6.28. The van der Waals surface area contributed by atoms with E-state index in [4.69, 9.17) is 17.3 Å². The van der Waals surface area contributed by atoms with Gasteiger partial charge in [-0.05, 0) is 37.0 Å². The molecule has 0 saturated heterocycles. The third kappa shape index (κ3) is 3.39. The van der Waals surface area contributed by atoms with Crippen molar-refractivity contribution in [3.8, 4) is 0 Å². The van der Waals surface area contributed by atoms with Gasteiger partial charge in [0, 0.05) is 29.8 Å². The molecule has 1 aromatic rings. The van der Waals surface area contributed by atoms with Crippen molar-refractivity contribution in [2.45, 2.75) is 46.7 Å². The van der Waals surface area contributed by atoms with Crippen LogP contribution in [-0.4, -0.2) is 13.1 Å². The summed E-state index contributed by atoms with van der Waals surface area (Å²) in [6.07, 6.45) is 0. The van der Waals surface area contributed by atoms with Crippen molar-refractivity contribution in [1.29, 1.82) is 0 Å². The standard InChI is InChI=1S/C15H25ClN2/c1-10(17)13-8-7-12(9-14(13)16)18(6)11(2)15(3,4)5/h7-11H,17H2,1-6H3. The highest BCUT2D eigenvalue weighted by Gasteiger charge is 2.24. The Labute approximate surface area is 116 Å². The van der Waals surface area contributed by atoms with Gasteiger partial charge in [0.25, 0.3) is 0 Å². The number of halogens is 1. The van der Waals surface area contributed by atoms with Crippen LogP contribution in [0.25, 0.3) is 0 Å². The predicted octanol–water partition coefficient (Wildman–Crippen LogP) is 4.23. The molecule has 0 fully saturated rings. The molecule has 1 aromatic carbocycles. The highest BCUT2D eigenvalue weighted by molar-refractivity contribution is 6.31. The molecule has 0 bridgehead atoms. The van der Waals surface area contributed by atoms with E-state index in [0.29, 0.717) is 6.04 Å². The zero-order chi connectivity index (χ0) is 14.1. The third-order valence-electron chi connectivity index (χ3n) is 3.72. The first-order valence-electron chi connectivity index (χ1n) is 6.42. The monoisotopic (exact) mass is 268 g/mol. The number of rotatable bonds is 3. The quantitative estimate of drug-likeness (QED) is 0.889. The van der Waals surface area contributed by atoms with Gasteiger partial charge >= 0.3 is 0 Å². The van der Waals surface area contributed by atoms with Crippen molar-refractivity contribution in [2.75, 3.05) is 11.9 Å². The van der Waals surface area contributed by atoms with Crippen LogP contribution < -0.4 is 10.6 Å². The smallest absolute Gasteiger partial charge is 0.0474 e. The van der Waals surface area contributed by atoms with Gasteiger partial charge in [-0.25, -0.2) is 0 Å². The first-order valence-corrected chi connectivity index (χ1v) is 6.80. The molecule has 2 N–H and O–H groups in total. The van der Waals surface area contributed by atoms with E-state index in [9.17, 15) is 0 Å². The molecule has 0 aliphatic carbocycles. The second-order valence-corrected chi connectivity index (χ2v) is 6.55. The van der Waals surface area contributed by atoms with E-state index in [0.717, 1.165) is 16.3 Å². The zero-order valence-electron chi connectivity index (χ0n) is 12.3. The Morgan fingerprint density at radius 2 is 1.78 bits per heavy atom. The second-order valence-electron chi connectivity index (χ2n) is 6.15. The van der Waals surface area contributed by atoms with Crippen LogP contribution in [0.5, 0.6) is 0 Å². The summed E-state index contributed by atoms with van der Waals surface area (Å²) in [6.45, 7) is 10.9. The maximum Gasteiger partial charge on any atom is 0.0474 e. The number of benzene rings is 1.